The second-order valence-corrected chi connectivity index (χ2v) is 4.10. The number of H-pyrrole nitrogens is 1. The number of halogens is 4. The predicted octanol–water partition coefficient (Wildman–Crippen LogP) is 3.78. The summed E-state index contributed by atoms with van der Waals surface area (Å²) >= 11 is 5.84. The monoisotopic (exact) mass is 271 g/mol. The summed E-state index contributed by atoms with van der Waals surface area (Å²) in [6, 6.07) is 6.49. The van der Waals surface area contributed by atoms with Gasteiger partial charge in [-0.2, -0.15) is 18.3 Å². The standard InChI is InChI=1S/C11H5ClF3N3/c12-10-8-7(9(18-17-8)11(13,14)15)5-3-1-2-4-6(5)16-10/h1-4H,(H,17,18). The number of rotatable bonds is 0. The average Bonchev–Trinajstić information content (AvgIpc) is 2.74. The van der Waals surface area contributed by atoms with Gasteiger partial charge in [0.15, 0.2) is 5.15 Å². The molecule has 1 aromatic carbocycles. The van der Waals surface area contributed by atoms with Gasteiger partial charge in [0.05, 0.1) is 5.52 Å². The molecule has 0 saturated heterocycles. The highest BCUT2D eigenvalue weighted by atomic mass is 35.5. The lowest BCUT2D eigenvalue weighted by Gasteiger charge is -2.05. The van der Waals surface area contributed by atoms with E-state index in [-0.39, 0.29) is 16.1 Å². The Hall–Kier alpha value is -1.82. The Labute approximate surface area is 104 Å². The molecule has 3 nitrogen and oxygen atoms in total. The first-order chi connectivity index (χ1) is 8.48. The van der Waals surface area contributed by atoms with Crippen molar-refractivity contribution in [2.24, 2.45) is 0 Å². The fourth-order valence-corrected chi connectivity index (χ4v) is 2.13. The molecule has 3 rings (SSSR count). The third-order valence-corrected chi connectivity index (χ3v) is 2.90. The summed E-state index contributed by atoms with van der Waals surface area (Å²) < 4.78 is 38.6. The van der Waals surface area contributed by atoms with Gasteiger partial charge in [-0.25, -0.2) is 4.98 Å². The van der Waals surface area contributed by atoms with Crippen molar-refractivity contribution in [1.82, 2.24) is 15.2 Å². The van der Waals surface area contributed by atoms with E-state index in [4.69, 9.17) is 11.6 Å². The Morgan fingerprint density at radius 3 is 2.61 bits per heavy atom. The molecule has 0 amide bonds. The van der Waals surface area contributed by atoms with Crippen molar-refractivity contribution in [3.05, 3.63) is 35.1 Å². The number of benzene rings is 1. The average molecular weight is 272 g/mol. The number of pyridine rings is 1. The van der Waals surface area contributed by atoms with Crippen LogP contribution in [0.2, 0.25) is 5.15 Å². The van der Waals surface area contributed by atoms with Crippen molar-refractivity contribution in [3.8, 4) is 0 Å². The number of aromatic amines is 1. The van der Waals surface area contributed by atoms with Crippen LogP contribution in [-0.4, -0.2) is 15.2 Å². The third kappa shape index (κ3) is 1.53. The quantitative estimate of drug-likeness (QED) is 0.632. The second kappa shape index (κ2) is 3.58. The summed E-state index contributed by atoms with van der Waals surface area (Å²) in [6.45, 7) is 0. The maximum atomic E-state index is 12.9. The van der Waals surface area contributed by atoms with Crippen LogP contribution < -0.4 is 0 Å². The third-order valence-electron chi connectivity index (χ3n) is 2.64. The summed E-state index contributed by atoms with van der Waals surface area (Å²) in [5.41, 5.74) is -0.470. The zero-order valence-corrected chi connectivity index (χ0v) is 9.47. The number of para-hydroxylation sites is 1. The summed E-state index contributed by atoms with van der Waals surface area (Å²) in [7, 11) is 0. The Bertz CT molecular complexity index is 748. The molecule has 0 saturated carbocycles. The van der Waals surface area contributed by atoms with Gasteiger partial charge < -0.3 is 0 Å². The SMILES string of the molecule is FC(F)(F)c1[nH]nc2c(Cl)nc3ccccc3c12. The normalized spacial score (nSPS) is 12.4. The van der Waals surface area contributed by atoms with E-state index < -0.39 is 11.9 Å². The minimum Gasteiger partial charge on any atom is -0.272 e. The number of alkyl halides is 3. The van der Waals surface area contributed by atoms with Crippen molar-refractivity contribution in [2.75, 3.05) is 0 Å². The molecular weight excluding hydrogens is 267 g/mol. The second-order valence-electron chi connectivity index (χ2n) is 3.74. The molecule has 0 bridgehead atoms. The molecule has 0 radical (unpaired) electrons. The molecule has 0 unspecified atom stereocenters. The van der Waals surface area contributed by atoms with Crippen molar-refractivity contribution in [2.45, 2.75) is 6.18 Å². The number of hydrogen-bond acceptors (Lipinski definition) is 2. The molecule has 18 heavy (non-hydrogen) atoms. The first-order valence-corrected chi connectivity index (χ1v) is 5.36. The number of nitrogens with zero attached hydrogens (tertiary/aromatic N) is 2. The van der Waals surface area contributed by atoms with E-state index in [9.17, 15) is 13.2 Å². The van der Waals surface area contributed by atoms with Gasteiger partial charge in [-0.1, -0.05) is 29.8 Å². The molecule has 0 aliphatic rings. The molecule has 1 N–H and O–H groups in total. The molecule has 2 aromatic heterocycles. The van der Waals surface area contributed by atoms with Crippen LogP contribution in [0, 0.1) is 0 Å². The molecule has 92 valence electrons. The number of aromatic nitrogens is 3. The van der Waals surface area contributed by atoms with Gasteiger partial charge in [0.1, 0.15) is 11.2 Å². The van der Waals surface area contributed by atoms with Crippen molar-refractivity contribution in [3.63, 3.8) is 0 Å². The molecular formula is C11H5ClF3N3. The van der Waals surface area contributed by atoms with Crippen LogP contribution in [0.4, 0.5) is 13.2 Å². The fraction of sp³-hybridized carbons (Fsp3) is 0.0909. The summed E-state index contributed by atoms with van der Waals surface area (Å²) in [5, 5.41) is 5.87. The molecule has 0 aliphatic heterocycles. The number of fused-ring (bicyclic) bond motifs is 3. The minimum absolute atomic E-state index is 0.0303. The van der Waals surface area contributed by atoms with Gasteiger partial charge in [-0.05, 0) is 6.07 Å². The number of nitrogens with one attached hydrogen (secondary N) is 1. The Morgan fingerprint density at radius 2 is 1.89 bits per heavy atom. The van der Waals surface area contributed by atoms with Crippen LogP contribution in [0.1, 0.15) is 5.69 Å². The lowest BCUT2D eigenvalue weighted by Crippen LogP contribution is -2.06. The van der Waals surface area contributed by atoms with Gasteiger partial charge in [0.25, 0.3) is 0 Å². The lowest BCUT2D eigenvalue weighted by molar-refractivity contribution is -0.139. The van der Waals surface area contributed by atoms with Gasteiger partial charge in [0, 0.05) is 10.8 Å². The van der Waals surface area contributed by atoms with E-state index in [1.807, 2.05) is 5.10 Å². The van der Waals surface area contributed by atoms with Crippen molar-refractivity contribution >= 4 is 33.4 Å². The highest BCUT2D eigenvalue weighted by Gasteiger charge is 2.36. The van der Waals surface area contributed by atoms with Crippen LogP contribution in [0.3, 0.4) is 0 Å². The highest BCUT2D eigenvalue weighted by Crippen LogP contribution is 2.37. The smallest absolute Gasteiger partial charge is 0.272 e. The Balaban J connectivity index is 2.56. The van der Waals surface area contributed by atoms with Crippen LogP contribution >= 0.6 is 11.6 Å². The van der Waals surface area contributed by atoms with Crippen molar-refractivity contribution < 1.29 is 13.2 Å². The van der Waals surface area contributed by atoms with E-state index in [2.05, 4.69) is 10.1 Å². The molecule has 2 heterocycles. The largest absolute Gasteiger partial charge is 0.433 e. The Kier molecular flexibility index (Phi) is 2.25. The van der Waals surface area contributed by atoms with Gasteiger partial charge >= 0.3 is 6.18 Å². The van der Waals surface area contributed by atoms with Crippen LogP contribution in [0.25, 0.3) is 21.8 Å². The summed E-state index contributed by atoms with van der Waals surface area (Å²) in [4.78, 5) is 4.01. The molecule has 0 atom stereocenters. The zero-order chi connectivity index (χ0) is 12.9. The lowest BCUT2D eigenvalue weighted by atomic mass is 10.1. The van der Waals surface area contributed by atoms with E-state index in [0.717, 1.165) is 0 Å². The highest BCUT2D eigenvalue weighted by molar-refractivity contribution is 6.35. The van der Waals surface area contributed by atoms with Crippen LogP contribution in [0.5, 0.6) is 0 Å². The first kappa shape index (κ1) is 11.3. The topological polar surface area (TPSA) is 41.6 Å². The number of hydrogen-bond donors (Lipinski definition) is 1. The molecule has 7 heteroatoms. The first-order valence-electron chi connectivity index (χ1n) is 4.98. The minimum atomic E-state index is -4.51. The van der Waals surface area contributed by atoms with E-state index >= 15 is 0 Å². The van der Waals surface area contributed by atoms with Crippen LogP contribution in [-0.2, 0) is 6.18 Å². The van der Waals surface area contributed by atoms with E-state index in [1.165, 1.54) is 0 Å². The van der Waals surface area contributed by atoms with Gasteiger partial charge in [-0.15, -0.1) is 0 Å². The molecule has 0 spiro atoms. The maximum absolute atomic E-state index is 12.9. The summed E-state index contributed by atoms with van der Waals surface area (Å²) in [5.74, 6) is 0. The predicted molar refractivity (Wildman–Crippen MR) is 61.4 cm³/mol. The van der Waals surface area contributed by atoms with E-state index in [1.54, 1.807) is 24.3 Å². The van der Waals surface area contributed by atoms with Gasteiger partial charge in [0.2, 0.25) is 0 Å². The molecule has 0 aliphatic carbocycles. The van der Waals surface area contributed by atoms with Crippen LogP contribution in [0.15, 0.2) is 24.3 Å². The van der Waals surface area contributed by atoms with Gasteiger partial charge in [-0.3, -0.25) is 5.10 Å². The molecule has 0 fully saturated rings. The zero-order valence-electron chi connectivity index (χ0n) is 8.72. The van der Waals surface area contributed by atoms with E-state index in [0.29, 0.717) is 10.9 Å². The maximum Gasteiger partial charge on any atom is 0.433 e. The summed E-state index contributed by atoms with van der Waals surface area (Å²) in [6.07, 6.45) is -4.51. The van der Waals surface area contributed by atoms with Crippen molar-refractivity contribution in [1.29, 1.82) is 0 Å². The molecule has 3 aromatic rings. The Morgan fingerprint density at radius 1 is 1.17 bits per heavy atom. The fourth-order valence-electron chi connectivity index (χ4n) is 1.90.